The van der Waals surface area contributed by atoms with E-state index in [0.29, 0.717) is 5.69 Å². The SMILES string of the molecule is Cc1ccc(N(CC(=O)N(Cc2ccccc2C)[C@H](C)C(=O)NC2CCCCC2)S(C)(=O)=O)c(C)c1. The van der Waals surface area contributed by atoms with E-state index in [1.807, 2.05) is 57.2 Å². The van der Waals surface area contributed by atoms with Gasteiger partial charge in [-0.2, -0.15) is 0 Å². The number of carbonyl (C=O) groups excluding carboxylic acids is 2. The third kappa shape index (κ3) is 7.09. The lowest BCUT2D eigenvalue weighted by molar-refractivity contribution is -0.139. The summed E-state index contributed by atoms with van der Waals surface area (Å²) in [5, 5.41) is 3.12. The van der Waals surface area contributed by atoms with E-state index in [0.717, 1.165) is 58.5 Å². The highest BCUT2D eigenvalue weighted by molar-refractivity contribution is 7.92. The van der Waals surface area contributed by atoms with Crippen molar-refractivity contribution in [2.24, 2.45) is 0 Å². The van der Waals surface area contributed by atoms with E-state index in [2.05, 4.69) is 5.32 Å². The highest BCUT2D eigenvalue weighted by atomic mass is 32.2. The Bertz CT molecular complexity index is 1190. The van der Waals surface area contributed by atoms with Gasteiger partial charge in [0.1, 0.15) is 12.6 Å². The topological polar surface area (TPSA) is 86.8 Å². The zero-order valence-corrected chi connectivity index (χ0v) is 22.9. The quantitative estimate of drug-likeness (QED) is 0.543. The molecule has 8 heteroatoms. The highest BCUT2D eigenvalue weighted by Gasteiger charge is 2.31. The molecule has 0 aromatic heterocycles. The van der Waals surface area contributed by atoms with Crippen molar-refractivity contribution in [2.75, 3.05) is 17.1 Å². The predicted octanol–water partition coefficient (Wildman–Crippen LogP) is 4.24. The number of aryl methyl sites for hydroxylation is 3. The maximum atomic E-state index is 13.7. The summed E-state index contributed by atoms with van der Waals surface area (Å²) < 4.78 is 26.7. The smallest absolute Gasteiger partial charge is 0.244 e. The van der Waals surface area contributed by atoms with Gasteiger partial charge in [0.05, 0.1) is 11.9 Å². The van der Waals surface area contributed by atoms with Gasteiger partial charge in [0.25, 0.3) is 0 Å². The molecule has 0 radical (unpaired) electrons. The first-order valence-corrected chi connectivity index (χ1v) is 14.5. The molecule has 36 heavy (non-hydrogen) atoms. The van der Waals surface area contributed by atoms with Crippen LogP contribution in [-0.2, 0) is 26.2 Å². The Balaban J connectivity index is 1.90. The number of hydrogen-bond acceptors (Lipinski definition) is 4. The maximum absolute atomic E-state index is 13.7. The van der Waals surface area contributed by atoms with E-state index < -0.39 is 22.0 Å². The van der Waals surface area contributed by atoms with Crippen LogP contribution in [0.2, 0.25) is 0 Å². The molecule has 1 N–H and O–H groups in total. The van der Waals surface area contributed by atoms with Crippen LogP contribution >= 0.6 is 0 Å². The molecule has 7 nitrogen and oxygen atoms in total. The summed E-state index contributed by atoms with van der Waals surface area (Å²) >= 11 is 0. The third-order valence-corrected chi connectivity index (χ3v) is 8.15. The van der Waals surface area contributed by atoms with Gasteiger partial charge in [-0.15, -0.1) is 0 Å². The number of rotatable bonds is 9. The molecule has 3 rings (SSSR count). The molecule has 2 amide bonds. The molecule has 1 saturated carbocycles. The second-order valence-electron chi connectivity index (χ2n) is 10.0. The van der Waals surface area contributed by atoms with Crippen LogP contribution in [-0.4, -0.2) is 50.0 Å². The van der Waals surface area contributed by atoms with Gasteiger partial charge in [0, 0.05) is 12.6 Å². The van der Waals surface area contributed by atoms with Crippen LogP contribution in [0, 0.1) is 20.8 Å². The standard InChI is InChI=1S/C28H39N3O4S/c1-20-15-16-26(22(3)17-20)31(36(5,34)35)19-27(32)30(18-24-12-10-9-11-21(24)2)23(4)28(33)29-25-13-7-6-8-14-25/h9-12,15-17,23,25H,6-8,13-14,18-19H2,1-5H3,(H,29,33)/t23-/m1/s1. The highest BCUT2D eigenvalue weighted by Crippen LogP contribution is 2.25. The van der Waals surface area contributed by atoms with Crippen molar-refractivity contribution in [3.05, 3.63) is 64.7 Å². The number of anilines is 1. The van der Waals surface area contributed by atoms with E-state index in [4.69, 9.17) is 0 Å². The van der Waals surface area contributed by atoms with Gasteiger partial charge in [0.2, 0.25) is 21.8 Å². The zero-order chi connectivity index (χ0) is 26.5. The lowest BCUT2D eigenvalue weighted by Gasteiger charge is -2.33. The summed E-state index contributed by atoms with van der Waals surface area (Å²) in [7, 11) is -3.75. The monoisotopic (exact) mass is 513 g/mol. The lowest BCUT2D eigenvalue weighted by Crippen LogP contribution is -2.53. The molecule has 0 aliphatic heterocycles. The molecular weight excluding hydrogens is 474 g/mol. The van der Waals surface area contributed by atoms with Gasteiger partial charge < -0.3 is 10.2 Å². The summed E-state index contributed by atoms with van der Waals surface area (Å²) in [5.41, 5.74) is 4.16. The van der Waals surface area contributed by atoms with Crippen LogP contribution in [0.15, 0.2) is 42.5 Å². The molecule has 2 aromatic carbocycles. The Labute approximate surface area is 215 Å². The number of nitrogens with one attached hydrogen (secondary N) is 1. The third-order valence-electron chi connectivity index (χ3n) is 7.02. The minimum absolute atomic E-state index is 0.117. The van der Waals surface area contributed by atoms with Crippen molar-refractivity contribution in [3.8, 4) is 0 Å². The minimum atomic E-state index is -3.75. The first kappa shape index (κ1) is 27.7. The van der Waals surface area contributed by atoms with Crippen LogP contribution in [0.25, 0.3) is 0 Å². The number of carbonyl (C=O) groups is 2. The summed E-state index contributed by atoms with van der Waals surface area (Å²) in [6, 6.07) is 12.5. The van der Waals surface area contributed by atoms with E-state index in [1.54, 1.807) is 13.0 Å². The molecule has 1 aliphatic carbocycles. The maximum Gasteiger partial charge on any atom is 0.244 e. The second kappa shape index (κ2) is 11.9. The fourth-order valence-electron chi connectivity index (χ4n) is 4.80. The van der Waals surface area contributed by atoms with E-state index in [1.165, 1.54) is 11.3 Å². The average Bonchev–Trinajstić information content (AvgIpc) is 2.82. The van der Waals surface area contributed by atoms with Gasteiger partial charge in [0.15, 0.2) is 0 Å². The van der Waals surface area contributed by atoms with Crippen molar-refractivity contribution < 1.29 is 18.0 Å². The van der Waals surface area contributed by atoms with Crippen molar-refractivity contribution in [3.63, 3.8) is 0 Å². The molecule has 0 unspecified atom stereocenters. The Kier molecular flexibility index (Phi) is 9.17. The van der Waals surface area contributed by atoms with Crippen molar-refractivity contribution in [2.45, 2.75) is 78.4 Å². The fourth-order valence-corrected chi connectivity index (χ4v) is 5.71. The van der Waals surface area contributed by atoms with Crippen LogP contribution in [0.1, 0.15) is 61.3 Å². The normalized spacial score (nSPS) is 15.2. The summed E-state index contributed by atoms with van der Waals surface area (Å²) in [6.45, 7) is 7.28. The average molecular weight is 514 g/mol. The van der Waals surface area contributed by atoms with Crippen LogP contribution in [0.4, 0.5) is 5.69 Å². The van der Waals surface area contributed by atoms with Crippen molar-refractivity contribution >= 4 is 27.5 Å². The number of sulfonamides is 1. The summed E-state index contributed by atoms with van der Waals surface area (Å²) in [4.78, 5) is 28.5. The molecule has 0 bridgehead atoms. The number of nitrogens with zero attached hydrogens (tertiary/aromatic N) is 2. The van der Waals surface area contributed by atoms with Crippen LogP contribution in [0.5, 0.6) is 0 Å². The number of hydrogen-bond donors (Lipinski definition) is 1. The number of benzene rings is 2. The molecule has 196 valence electrons. The predicted molar refractivity (Wildman–Crippen MR) is 144 cm³/mol. The molecule has 0 heterocycles. The van der Waals surface area contributed by atoms with E-state index in [-0.39, 0.29) is 25.0 Å². The van der Waals surface area contributed by atoms with Crippen LogP contribution < -0.4 is 9.62 Å². The molecular formula is C28H39N3O4S. The Hall–Kier alpha value is -2.87. The lowest BCUT2D eigenvalue weighted by atomic mass is 9.95. The van der Waals surface area contributed by atoms with E-state index in [9.17, 15) is 18.0 Å². The van der Waals surface area contributed by atoms with Crippen LogP contribution in [0.3, 0.4) is 0 Å². The van der Waals surface area contributed by atoms with E-state index >= 15 is 0 Å². The van der Waals surface area contributed by atoms with Crippen molar-refractivity contribution in [1.82, 2.24) is 10.2 Å². The molecule has 1 atom stereocenters. The molecule has 2 aromatic rings. The van der Waals surface area contributed by atoms with Gasteiger partial charge in [-0.3, -0.25) is 13.9 Å². The zero-order valence-electron chi connectivity index (χ0n) is 22.1. The van der Waals surface area contributed by atoms with Gasteiger partial charge >= 0.3 is 0 Å². The van der Waals surface area contributed by atoms with Gasteiger partial charge in [-0.05, 0) is 63.3 Å². The van der Waals surface area contributed by atoms with Crippen molar-refractivity contribution in [1.29, 1.82) is 0 Å². The molecule has 1 fully saturated rings. The summed E-state index contributed by atoms with van der Waals surface area (Å²) in [6.07, 6.45) is 6.34. The molecule has 0 spiro atoms. The minimum Gasteiger partial charge on any atom is -0.352 e. The fraction of sp³-hybridized carbons (Fsp3) is 0.500. The Morgan fingerprint density at radius 3 is 2.28 bits per heavy atom. The van der Waals surface area contributed by atoms with Gasteiger partial charge in [-0.25, -0.2) is 8.42 Å². The Morgan fingerprint density at radius 2 is 1.67 bits per heavy atom. The largest absolute Gasteiger partial charge is 0.352 e. The van der Waals surface area contributed by atoms with Gasteiger partial charge in [-0.1, -0.05) is 61.2 Å². The second-order valence-corrected chi connectivity index (χ2v) is 11.9. The Morgan fingerprint density at radius 1 is 1.00 bits per heavy atom. The molecule has 1 aliphatic rings. The first-order chi connectivity index (χ1) is 17.0. The molecule has 0 saturated heterocycles. The summed E-state index contributed by atoms with van der Waals surface area (Å²) in [5.74, 6) is -0.629. The number of amides is 2. The first-order valence-electron chi connectivity index (χ1n) is 12.7.